The van der Waals surface area contributed by atoms with Crippen molar-refractivity contribution in [3.05, 3.63) is 0 Å². The molecule has 16 heavy (non-hydrogen) atoms. The summed E-state index contributed by atoms with van der Waals surface area (Å²) in [6.07, 6.45) is 5.50. The van der Waals surface area contributed by atoms with Crippen LogP contribution in [-0.4, -0.2) is 34.2 Å². The van der Waals surface area contributed by atoms with Crippen LogP contribution in [0.5, 0.6) is 0 Å². The van der Waals surface area contributed by atoms with Crippen molar-refractivity contribution in [3.63, 3.8) is 0 Å². The molecule has 1 atom stereocenters. The Labute approximate surface area is 99.7 Å². The van der Waals surface area contributed by atoms with E-state index in [1.54, 1.807) is 6.92 Å². The molecular weight excluding hydrogens is 228 g/mol. The van der Waals surface area contributed by atoms with E-state index < -0.39 is 17.2 Å². The number of thioether (sulfide) groups is 1. The summed E-state index contributed by atoms with van der Waals surface area (Å²) in [6.45, 7) is 1.91. The number of carbonyl (C=O) groups excluding carboxylic acids is 1. The number of esters is 1. The van der Waals surface area contributed by atoms with E-state index in [0.29, 0.717) is 5.25 Å². The fraction of sp³-hybridized carbons (Fsp3) is 0.818. The van der Waals surface area contributed by atoms with Crippen LogP contribution in [0.25, 0.3) is 0 Å². The molecule has 1 rings (SSSR count). The first-order valence-corrected chi connectivity index (χ1v) is 6.64. The van der Waals surface area contributed by atoms with Gasteiger partial charge in [0.1, 0.15) is 0 Å². The molecule has 0 amide bonds. The number of aliphatic carboxylic acids is 1. The van der Waals surface area contributed by atoms with Crippen molar-refractivity contribution in [3.8, 4) is 0 Å². The summed E-state index contributed by atoms with van der Waals surface area (Å²) in [5, 5.41) is 8.22. The molecular formula is C11H18O4S. The third-order valence-corrected chi connectivity index (χ3v) is 4.13. The molecule has 1 saturated carbocycles. The third kappa shape index (κ3) is 4.04. The van der Waals surface area contributed by atoms with Crippen molar-refractivity contribution in [1.82, 2.24) is 0 Å². The summed E-state index contributed by atoms with van der Waals surface area (Å²) in [5.41, 5.74) is 0. The molecule has 0 bridgehead atoms. The van der Waals surface area contributed by atoms with Crippen molar-refractivity contribution in [2.45, 2.75) is 49.5 Å². The van der Waals surface area contributed by atoms with Gasteiger partial charge >= 0.3 is 11.9 Å². The van der Waals surface area contributed by atoms with Crippen LogP contribution in [0.4, 0.5) is 0 Å². The number of carboxylic acid groups (broad SMARTS) is 1. The SMILES string of the molecule is CCOC(=O)C(SC1CCCCC1)C(=O)O. The van der Waals surface area contributed by atoms with E-state index in [1.165, 1.54) is 18.2 Å². The molecule has 1 fully saturated rings. The maximum Gasteiger partial charge on any atom is 0.330 e. The van der Waals surface area contributed by atoms with Crippen molar-refractivity contribution in [1.29, 1.82) is 0 Å². The standard InChI is InChI=1S/C11H18O4S/c1-2-15-11(14)9(10(12)13)16-8-6-4-3-5-7-8/h8-9H,2-7H2,1H3,(H,12,13). The fourth-order valence-corrected chi connectivity index (χ4v) is 3.11. The van der Waals surface area contributed by atoms with Gasteiger partial charge in [-0.15, -0.1) is 11.8 Å². The van der Waals surface area contributed by atoms with Crippen LogP contribution in [0, 0.1) is 0 Å². The molecule has 0 aromatic rings. The third-order valence-electron chi connectivity index (χ3n) is 2.61. The van der Waals surface area contributed by atoms with E-state index in [9.17, 15) is 9.59 Å². The van der Waals surface area contributed by atoms with Crippen molar-refractivity contribution in [2.24, 2.45) is 0 Å². The van der Waals surface area contributed by atoms with Crippen LogP contribution in [0.2, 0.25) is 0 Å². The Morgan fingerprint density at radius 2 is 2.00 bits per heavy atom. The number of rotatable bonds is 5. The molecule has 1 N–H and O–H groups in total. The molecule has 92 valence electrons. The Morgan fingerprint density at radius 1 is 1.38 bits per heavy atom. The average molecular weight is 246 g/mol. The highest BCUT2D eigenvalue weighted by Crippen LogP contribution is 2.31. The van der Waals surface area contributed by atoms with Crippen LogP contribution < -0.4 is 0 Å². The van der Waals surface area contributed by atoms with Crippen molar-refractivity contribution < 1.29 is 19.4 Å². The molecule has 1 aliphatic rings. The molecule has 0 saturated heterocycles. The summed E-state index contributed by atoms with van der Waals surface area (Å²) in [6, 6.07) is 0. The molecule has 4 nitrogen and oxygen atoms in total. The summed E-state index contributed by atoms with van der Waals surface area (Å²) >= 11 is 1.25. The summed E-state index contributed by atoms with van der Waals surface area (Å²) in [7, 11) is 0. The number of ether oxygens (including phenoxy) is 1. The van der Waals surface area contributed by atoms with Gasteiger partial charge in [0, 0.05) is 5.25 Å². The second kappa shape index (κ2) is 6.78. The van der Waals surface area contributed by atoms with Gasteiger partial charge in [0.25, 0.3) is 0 Å². The predicted octanol–water partition coefficient (Wildman–Crippen LogP) is 2.07. The van der Waals surface area contributed by atoms with Crippen LogP contribution in [0.3, 0.4) is 0 Å². The highest BCUT2D eigenvalue weighted by atomic mass is 32.2. The normalized spacial score (nSPS) is 19.1. The average Bonchev–Trinajstić information content (AvgIpc) is 2.27. The lowest BCUT2D eigenvalue weighted by Crippen LogP contribution is -2.31. The Morgan fingerprint density at radius 3 is 2.50 bits per heavy atom. The molecule has 0 aromatic heterocycles. The molecule has 5 heteroatoms. The first-order chi connectivity index (χ1) is 7.65. The minimum atomic E-state index is -1.09. The Balaban J connectivity index is 2.49. The minimum absolute atomic E-state index is 0.230. The second-order valence-electron chi connectivity index (χ2n) is 3.87. The van der Waals surface area contributed by atoms with E-state index in [2.05, 4.69) is 0 Å². The molecule has 0 spiro atoms. The van der Waals surface area contributed by atoms with Gasteiger partial charge in [0.05, 0.1) is 6.61 Å². The zero-order valence-corrected chi connectivity index (χ0v) is 10.3. The number of carbonyl (C=O) groups is 2. The highest BCUT2D eigenvalue weighted by molar-refractivity contribution is 8.01. The minimum Gasteiger partial charge on any atom is -0.480 e. The zero-order chi connectivity index (χ0) is 12.0. The molecule has 1 unspecified atom stereocenters. The Bertz CT molecular complexity index is 248. The largest absolute Gasteiger partial charge is 0.480 e. The van der Waals surface area contributed by atoms with Crippen LogP contribution >= 0.6 is 11.8 Å². The van der Waals surface area contributed by atoms with Gasteiger partial charge < -0.3 is 9.84 Å². The lowest BCUT2D eigenvalue weighted by Gasteiger charge is -2.23. The van der Waals surface area contributed by atoms with Gasteiger partial charge in [-0.1, -0.05) is 19.3 Å². The monoisotopic (exact) mass is 246 g/mol. The highest BCUT2D eigenvalue weighted by Gasteiger charge is 2.31. The van der Waals surface area contributed by atoms with Crippen LogP contribution in [-0.2, 0) is 14.3 Å². The fourth-order valence-electron chi connectivity index (χ4n) is 1.83. The molecule has 0 heterocycles. The van der Waals surface area contributed by atoms with Crippen LogP contribution in [0.15, 0.2) is 0 Å². The molecule has 0 radical (unpaired) electrons. The lowest BCUT2D eigenvalue weighted by molar-refractivity contribution is -0.149. The number of hydrogen-bond donors (Lipinski definition) is 1. The summed E-state index contributed by atoms with van der Waals surface area (Å²) in [5.74, 6) is -1.71. The Hall–Kier alpha value is -0.710. The summed E-state index contributed by atoms with van der Waals surface area (Å²) in [4.78, 5) is 22.4. The lowest BCUT2D eigenvalue weighted by atomic mass is 10.0. The van der Waals surface area contributed by atoms with Crippen LogP contribution in [0.1, 0.15) is 39.0 Å². The van der Waals surface area contributed by atoms with E-state index in [4.69, 9.17) is 9.84 Å². The summed E-state index contributed by atoms with van der Waals surface area (Å²) < 4.78 is 4.77. The van der Waals surface area contributed by atoms with Crippen molar-refractivity contribution >= 4 is 23.7 Å². The van der Waals surface area contributed by atoms with E-state index in [-0.39, 0.29) is 6.61 Å². The Kier molecular flexibility index (Phi) is 5.66. The zero-order valence-electron chi connectivity index (χ0n) is 9.48. The van der Waals surface area contributed by atoms with Gasteiger partial charge in [-0.25, -0.2) is 0 Å². The van der Waals surface area contributed by atoms with Gasteiger partial charge in [-0.3, -0.25) is 9.59 Å². The molecule has 0 aromatic carbocycles. The first kappa shape index (κ1) is 13.4. The smallest absolute Gasteiger partial charge is 0.330 e. The van der Waals surface area contributed by atoms with E-state index in [1.807, 2.05) is 0 Å². The second-order valence-corrected chi connectivity index (χ2v) is 5.28. The maximum atomic E-state index is 11.4. The number of hydrogen-bond acceptors (Lipinski definition) is 4. The number of carboxylic acids is 1. The quantitative estimate of drug-likeness (QED) is 0.594. The first-order valence-electron chi connectivity index (χ1n) is 5.70. The van der Waals surface area contributed by atoms with E-state index in [0.717, 1.165) is 25.7 Å². The molecule has 0 aliphatic heterocycles. The van der Waals surface area contributed by atoms with Gasteiger partial charge in [0.15, 0.2) is 5.25 Å². The predicted molar refractivity (Wildman–Crippen MR) is 62.5 cm³/mol. The van der Waals surface area contributed by atoms with Gasteiger partial charge in [0.2, 0.25) is 0 Å². The van der Waals surface area contributed by atoms with Gasteiger partial charge in [-0.2, -0.15) is 0 Å². The molecule has 1 aliphatic carbocycles. The maximum absolute atomic E-state index is 11.4. The van der Waals surface area contributed by atoms with Crippen molar-refractivity contribution in [2.75, 3.05) is 6.61 Å². The van der Waals surface area contributed by atoms with E-state index >= 15 is 0 Å². The van der Waals surface area contributed by atoms with Gasteiger partial charge in [-0.05, 0) is 19.8 Å². The topological polar surface area (TPSA) is 63.6 Å².